The Morgan fingerprint density at radius 2 is 1.68 bits per heavy atom. The number of nitro groups is 1. The number of anilines is 2. The van der Waals surface area contributed by atoms with Crippen molar-refractivity contribution in [1.82, 2.24) is 4.57 Å². The van der Waals surface area contributed by atoms with Crippen LogP contribution in [-0.2, 0) is 10.0 Å². The predicted molar refractivity (Wildman–Crippen MR) is 147 cm³/mol. The summed E-state index contributed by atoms with van der Waals surface area (Å²) < 4.78 is 30.7. The van der Waals surface area contributed by atoms with Gasteiger partial charge in [0, 0.05) is 39.8 Å². The monoisotopic (exact) mass is 557 g/mol. The Bertz CT molecular complexity index is 1620. The molecule has 0 amide bonds. The van der Waals surface area contributed by atoms with Gasteiger partial charge in [-0.25, -0.2) is 8.42 Å². The van der Waals surface area contributed by atoms with Crippen LogP contribution in [0.2, 0.25) is 10.0 Å². The highest BCUT2D eigenvalue weighted by Gasteiger charge is 2.23. The van der Waals surface area contributed by atoms with Crippen molar-refractivity contribution in [3.63, 3.8) is 0 Å². The minimum atomic E-state index is -4.26. The fourth-order valence-electron chi connectivity index (χ4n) is 3.76. The van der Waals surface area contributed by atoms with Gasteiger partial charge >= 0.3 is 0 Å². The number of benzene rings is 3. The van der Waals surface area contributed by atoms with Crippen LogP contribution in [0.1, 0.15) is 17.0 Å². The highest BCUT2D eigenvalue weighted by Crippen LogP contribution is 2.30. The molecule has 0 saturated heterocycles. The maximum atomic E-state index is 13.2. The predicted octanol–water partition coefficient (Wildman–Crippen LogP) is 6.56. The number of hydrogen-bond acceptors (Lipinski definition) is 6. The lowest BCUT2D eigenvalue weighted by Gasteiger charge is -2.13. The SMILES string of the molecule is Cc1cc(/C=N/Nc2ccc([N+](=O)[O-])cc2S(=O)(=O)Nc2ccccc2Cl)c(C)n1-c1ccc(Cl)cc1. The van der Waals surface area contributed by atoms with Gasteiger partial charge in [-0.3, -0.25) is 20.3 Å². The van der Waals surface area contributed by atoms with Crippen molar-refractivity contribution in [3.8, 4) is 5.69 Å². The maximum absolute atomic E-state index is 13.2. The maximum Gasteiger partial charge on any atom is 0.270 e. The zero-order chi connectivity index (χ0) is 26.7. The summed E-state index contributed by atoms with van der Waals surface area (Å²) in [5.74, 6) is 0. The van der Waals surface area contributed by atoms with E-state index in [1.54, 1.807) is 30.5 Å². The topological polar surface area (TPSA) is 119 Å². The Morgan fingerprint density at radius 3 is 2.35 bits per heavy atom. The van der Waals surface area contributed by atoms with Gasteiger partial charge in [0.05, 0.1) is 27.5 Å². The molecule has 0 aliphatic heterocycles. The van der Waals surface area contributed by atoms with E-state index in [2.05, 4.69) is 15.2 Å². The summed E-state index contributed by atoms with van der Waals surface area (Å²) in [5, 5.41) is 16.3. The second kappa shape index (κ2) is 10.6. The fraction of sp³-hybridized carbons (Fsp3) is 0.0800. The number of rotatable bonds is 8. The first-order chi connectivity index (χ1) is 17.6. The van der Waals surface area contributed by atoms with Crippen LogP contribution in [0.3, 0.4) is 0 Å². The summed E-state index contributed by atoms with van der Waals surface area (Å²) in [6.07, 6.45) is 1.55. The number of non-ortho nitro benzene ring substituents is 1. The molecule has 4 rings (SSSR count). The number of aromatic nitrogens is 1. The number of sulfonamides is 1. The van der Waals surface area contributed by atoms with Crippen LogP contribution in [0.15, 0.2) is 82.8 Å². The molecule has 0 saturated carbocycles. The second-order valence-electron chi connectivity index (χ2n) is 8.03. The van der Waals surface area contributed by atoms with Gasteiger partial charge in [0.25, 0.3) is 15.7 Å². The summed E-state index contributed by atoms with van der Waals surface area (Å²) in [6.45, 7) is 3.88. The third kappa shape index (κ3) is 5.77. The molecule has 1 heterocycles. The van der Waals surface area contributed by atoms with Crippen molar-refractivity contribution >= 4 is 56.5 Å². The molecule has 0 aliphatic carbocycles. The fourth-order valence-corrected chi connectivity index (χ4v) is 5.38. The molecule has 190 valence electrons. The Morgan fingerprint density at radius 1 is 0.973 bits per heavy atom. The molecule has 0 atom stereocenters. The first-order valence-corrected chi connectivity index (χ1v) is 13.1. The molecule has 0 radical (unpaired) electrons. The van der Waals surface area contributed by atoms with E-state index in [0.717, 1.165) is 28.7 Å². The van der Waals surface area contributed by atoms with E-state index in [0.29, 0.717) is 5.02 Å². The first-order valence-electron chi connectivity index (χ1n) is 10.9. The molecule has 9 nitrogen and oxygen atoms in total. The van der Waals surface area contributed by atoms with Gasteiger partial charge in [-0.2, -0.15) is 5.10 Å². The van der Waals surface area contributed by atoms with Crippen molar-refractivity contribution in [2.75, 3.05) is 10.1 Å². The van der Waals surface area contributed by atoms with Gasteiger partial charge in [-0.1, -0.05) is 35.3 Å². The van der Waals surface area contributed by atoms with Crippen LogP contribution in [0, 0.1) is 24.0 Å². The molecule has 1 aromatic heterocycles. The van der Waals surface area contributed by atoms with Crippen LogP contribution < -0.4 is 10.1 Å². The summed E-state index contributed by atoms with van der Waals surface area (Å²) in [5.41, 5.74) is 6.10. The lowest BCUT2D eigenvalue weighted by atomic mass is 10.2. The zero-order valence-electron chi connectivity index (χ0n) is 19.6. The van der Waals surface area contributed by atoms with E-state index in [1.807, 2.05) is 36.6 Å². The Balaban J connectivity index is 1.65. The van der Waals surface area contributed by atoms with Gasteiger partial charge < -0.3 is 4.57 Å². The summed E-state index contributed by atoms with van der Waals surface area (Å²) >= 11 is 12.1. The summed E-state index contributed by atoms with van der Waals surface area (Å²) in [7, 11) is -4.26. The Kier molecular flexibility index (Phi) is 7.53. The van der Waals surface area contributed by atoms with Crippen LogP contribution in [0.5, 0.6) is 0 Å². The minimum absolute atomic E-state index is 0.0490. The number of hydrogen-bond donors (Lipinski definition) is 2. The lowest BCUT2D eigenvalue weighted by Crippen LogP contribution is -2.15. The number of nitrogens with one attached hydrogen (secondary N) is 2. The Labute approximate surface area is 223 Å². The summed E-state index contributed by atoms with van der Waals surface area (Å²) in [6, 6.07) is 19.1. The third-order valence-corrected chi connectivity index (χ3v) is 7.51. The van der Waals surface area contributed by atoms with Gasteiger partial charge in [-0.15, -0.1) is 0 Å². The third-order valence-electron chi connectivity index (χ3n) is 5.53. The first kappa shape index (κ1) is 26.2. The van der Waals surface area contributed by atoms with E-state index in [9.17, 15) is 18.5 Å². The molecule has 3 aromatic carbocycles. The average molecular weight is 558 g/mol. The van der Waals surface area contributed by atoms with Crippen LogP contribution in [-0.4, -0.2) is 24.1 Å². The molecule has 0 bridgehead atoms. The van der Waals surface area contributed by atoms with E-state index in [-0.39, 0.29) is 27.0 Å². The molecule has 37 heavy (non-hydrogen) atoms. The highest BCUT2D eigenvalue weighted by molar-refractivity contribution is 7.93. The summed E-state index contributed by atoms with van der Waals surface area (Å²) in [4.78, 5) is 10.3. The Hall–Kier alpha value is -3.86. The van der Waals surface area contributed by atoms with Crippen molar-refractivity contribution in [2.24, 2.45) is 5.10 Å². The number of aryl methyl sites for hydroxylation is 1. The molecular weight excluding hydrogens is 537 g/mol. The van der Waals surface area contributed by atoms with Gasteiger partial charge in [0.15, 0.2) is 0 Å². The molecule has 0 aliphatic rings. The molecule has 0 fully saturated rings. The average Bonchev–Trinajstić information content (AvgIpc) is 3.13. The van der Waals surface area contributed by atoms with Crippen molar-refractivity contribution in [2.45, 2.75) is 18.7 Å². The number of hydrazone groups is 1. The number of nitro benzene ring substituents is 1. The molecule has 4 aromatic rings. The second-order valence-corrected chi connectivity index (χ2v) is 10.5. The smallest absolute Gasteiger partial charge is 0.270 e. The van der Waals surface area contributed by atoms with E-state index in [4.69, 9.17) is 23.2 Å². The van der Waals surface area contributed by atoms with Crippen LogP contribution in [0.4, 0.5) is 17.1 Å². The van der Waals surface area contributed by atoms with E-state index < -0.39 is 14.9 Å². The molecule has 12 heteroatoms. The van der Waals surface area contributed by atoms with Gasteiger partial charge in [0.1, 0.15) is 4.90 Å². The van der Waals surface area contributed by atoms with E-state index >= 15 is 0 Å². The standard InChI is InChI=1S/C25H21Cl2N5O4S/c1-16-13-18(17(2)31(16)20-9-7-19(26)8-10-20)15-28-29-24-12-11-21(32(33)34)14-25(24)37(35,36)30-23-6-4-3-5-22(23)27/h3-15,29-30H,1-2H3/b28-15+. The van der Waals surface area contributed by atoms with Crippen molar-refractivity contribution < 1.29 is 13.3 Å². The lowest BCUT2D eigenvalue weighted by molar-refractivity contribution is -0.385. The number of para-hydroxylation sites is 1. The minimum Gasteiger partial charge on any atom is -0.318 e. The normalized spacial score (nSPS) is 11.6. The highest BCUT2D eigenvalue weighted by atomic mass is 35.5. The zero-order valence-corrected chi connectivity index (χ0v) is 22.0. The van der Waals surface area contributed by atoms with Crippen molar-refractivity contribution in [1.29, 1.82) is 0 Å². The van der Waals surface area contributed by atoms with Gasteiger partial charge in [0.2, 0.25) is 0 Å². The molecule has 0 unspecified atom stereocenters. The largest absolute Gasteiger partial charge is 0.318 e. The molecular formula is C25H21Cl2N5O4S. The van der Waals surface area contributed by atoms with Gasteiger partial charge in [-0.05, 0) is 62.4 Å². The molecule has 0 spiro atoms. The number of halogens is 2. The van der Waals surface area contributed by atoms with Crippen molar-refractivity contribution in [3.05, 3.63) is 110 Å². The quantitative estimate of drug-likeness (QED) is 0.144. The van der Waals surface area contributed by atoms with Crippen LogP contribution in [0.25, 0.3) is 5.69 Å². The van der Waals surface area contributed by atoms with E-state index in [1.165, 1.54) is 24.3 Å². The van der Waals surface area contributed by atoms with Crippen LogP contribution >= 0.6 is 23.2 Å². The molecule has 2 N–H and O–H groups in total. The number of nitrogens with zero attached hydrogens (tertiary/aromatic N) is 3.